The van der Waals surface area contributed by atoms with Crippen LogP contribution in [0.15, 0.2) is 24.7 Å². The summed E-state index contributed by atoms with van der Waals surface area (Å²) in [5, 5.41) is 8.12. The zero-order valence-electron chi connectivity index (χ0n) is 9.17. The van der Waals surface area contributed by atoms with E-state index in [1.165, 1.54) is 5.69 Å². The van der Waals surface area contributed by atoms with Crippen molar-refractivity contribution in [2.75, 3.05) is 5.32 Å². The van der Waals surface area contributed by atoms with Crippen molar-refractivity contribution in [1.82, 2.24) is 19.7 Å². The minimum atomic E-state index is 0.361. The van der Waals surface area contributed by atoms with Crippen LogP contribution >= 0.6 is 11.6 Å². The Kier molecular flexibility index (Phi) is 2.68. The number of halogens is 1. The third-order valence-corrected chi connectivity index (χ3v) is 3.10. The number of anilines is 1. The normalized spacial score (nSPS) is 18.8. The Balaban J connectivity index is 1.69. The first-order valence-corrected chi connectivity index (χ1v) is 5.94. The fourth-order valence-electron chi connectivity index (χ4n) is 2.06. The summed E-state index contributed by atoms with van der Waals surface area (Å²) in [5.74, 6) is 0.632. The summed E-state index contributed by atoms with van der Waals surface area (Å²) in [6.07, 6.45) is 7.02. The predicted octanol–water partition coefficient (Wildman–Crippen LogP) is 1.75. The predicted molar refractivity (Wildman–Crippen MR) is 65.0 cm³/mol. The van der Waals surface area contributed by atoms with E-state index < -0.39 is 0 Å². The van der Waals surface area contributed by atoms with E-state index in [0.29, 0.717) is 17.0 Å². The Morgan fingerprint density at radius 1 is 1.35 bits per heavy atom. The molecule has 1 N–H and O–H groups in total. The fourth-order valence-corrected chi connectivity index (χ4v) is 2.16. The third kappa shape index (κ3) is 2.24. The van der Waals surface area contributed by atoms with Crippen molar-refractivity contribution in [2.24, 2.45) is 0 Å². The SMILES string of the molecule is Clc1cnc(NC2CCn3nccc3C2)nc1. The van der Waals surface area contributed by atoms with E-state index in [-0.39, 0.29) is 0 Å². The molecule has 1 atom stereocenters. The van der Waals surface area contributed by atoms with Crippen molar-refractivity contribution in [3.8, 4) is 0 Å². The molecular weight excluding hydrogens is 238 g/mol. The molecule has 3 rings (SSSR count). The quantitative estimate of drug-likeness (QED) is 0.881. The first kappa shape index (κ1) is 10.5. The molecule has 1 unspecified atom stereocenters. The first-order valence-electron chi connectivity index (χ1n) is 5.56. The lowest BCUT2D eigenvalue weighted by atomic mass is 10.0. The van der Waals surface area contributed by atoms with Crippen molar-refractivity contribution < 1.29 is 0 Å². The van der Waals surface area contributed by atoms with Gasteiger partial charge in [0.05, 0.1) is 17.4 Å². The highest BCUT2D eigenvalue weighted by Gasteiger charge is 2.19. The highest BCUT2D eigenvalue weighted by atomic mass is 35.5. The van der Waals surface area contributed by atoms with Crippen molar-refractivity contribution in [3.63, 3.8) is 0 Å². The second kappa shape index (κ2) is 4.33. The molecule has 0 saturated heterocycles. The van der Waals surface area contributed by atoms with Gasteiger partial charge in [-0.1, -0.05) is 11.6 Å². The maximum Gasteiger partial charge on any atom is 0.222 e. The summed E-state index contributed by atoms with van der Waals surface area (Å²) < 4.78 is 2.04. The minimum absolute atomic E-state index is 0.361. The van der Waals surface area contributed by atoms with Gasteiger partial charge in [-0.15, -0.1) is 0 Å². The summed E-state index contributed by atoms with van der Waals surface area (Å²) in [7, 11) is 0. The molecule has 0 aromatic carbocycles. The molecule has 17 heavy (non-hydrogen) atoms. The molecule has 0 fully saturated rings. The summed E-state index contributed by atoms with van der Waals surface area (Å²) >= 11 is 5.74. The van der Waals surface area contributed by atoms with Gasteiger partial charge in [-0.2, -0.15) is 5.10 Å². The van der Waals surface area contributed by atoms with Gasteiger partial charge in [0.1, 0.15) is 0 Å². The zero-order chi connectivity index (χ0) is 11.7. The third-order valence-electron chi connectivity index (χ3n) is 2.90. The smallest absolute Gasteiger partial charge is 0.222 e. The Hall–Kier alpha value is -1.62. The van der Waals surface area contributed by atoms with E-state index in [1.807, 2.05) is 10.9 Å². The van der Waals surface area contributed by atoms with E-state index in [2.05, 4.69) is 26.4 Å². The van der Waals surface area contributed by atoms with Crippen LogP contribution in [0, 0.1) is 0 Å². The minimum Gasteiger partial charge on any atom is -0.351 e. The number of hydrogen-bond donors (Lipinski definition) is 1. The van der Waals surface area contributed by atoms with Gasteiger partial charge in [-0.05, 0) is 12.5 Å². The van der Waals surface area contributed by atoms with Gasteiger partial charge in [-0.25, -0.2) is 9.97 Å². The molecule has 0 spiro atoms. The molecule has 0 amide bonds. The van der Waals surface area contributed by atoms with Crippen LogP contribution in [0.4, 0.5) is 5.95 Å². The number of aromatic nitrogens is 4. The second-order valence-corrected chi connectivity index (χ2v) is 4.54. The van der Waals surface area contributed by atoms with Crippen LogP contribution in [0.25, 0.3) is 0 Å². The summed E-state index contributed by atoms with van der Waals surface area (Å²) in [5.41, 5.74) is 1.25. The lowest BCUT2D eigenvalue weighted by molar-refractivity contribution is 0.454. The van der Waals surface area contributed by atoms with Gasteiger partial charge < -0.3 is 5.32 Å². The molecule has 3 heterocycles. The molecule has 5 nitrogen and oxygen atoms in total. The molecule has 2 aromatic heterocycles. The van der Waals surface area contributed by atoms with Gasteiger partial charge in [0.25, 0.3) is 0 Å². The fraction of sp³-hybridized carbons (Fsp3) is 0.364. The number of fused-ring (bicyclic) bond motifs is 1. The van der Waals surface area contributed by atoms with E-state index in [1.54, 1.807) is 12.4 Å². The zero-order valence-corrected chi connectivity index (χ0v) is 9.93. The van der Waals surface area contributed by atoms with Crippen molar-refractivity contribution in [2.45, 2.75) is 25.4 Å². The number of aryl methyl sites for hydroxylation is 1. The number of rotatable bonds is 2. The van der Waals surface area contributed by atoms with Gasteiger partial charge in [0.2, 0.25) is 5.95 Å². The molecule has 0 bridgehead atoms. The molecule has 2 aromatic rings. The lowest BCUT2D eigenvalue weighted by Gasteiger charge is -2.24. The van der Waals surface area contributed by atoms with E-state index in [9.17, 15) is 0 Å². The van der Waals surface area contributed by atoms with Gasteiger partial charge in [0, 0.05) is 30.9 Å². The van der Waals surface area contributed by atoms with Crippen LogP contribution < -0.4 is 5.32 Å². The molecule has 1 aliphatic rings. The van der Waals surface area contributed by atoms with Crippen LogP contribution in [-0.4, -0.2) is 25.8 Å². The molecular formula is C11H12ClN5. The Bertz CT molecular complexity index is 507. The summed E-state index contributed by atoms with van der Waals surface area (Å²) in [6.45, 7) is 0.938. The van der Waals surface area contributed by atoms with E-state index in [4.69, 9.17) is 11.6 Å². The maximum absolute atomic E-state index is 5.74. The average Bonchev–Trinajstić information content (AvgIpc) is 2.79. The summed E-state index contributed by atoms with van der Waals surface area (Å²) in [4.78, 5) is 8.28. The van der Waals surface area contributed by atoms with Crippen LogP contribution in [0.5, 0.6) is 0 Å². The summed E-state index contributed by atoms with van der Waals surface area (Å²) in [6, 6.07) is 2.41. The Morgan fingerprint density at radius 3 is 3.00 bits per heavy atom. The van der Waals surface area contributed by atoms with Crippen LogP contribution in [0.2, 0.25) is 5.02 Å². The largest absolute Gasteiger partial charge is 0.351 e. The second-order valence-electron chi connectivity index (χ2n) is 4.10. The van der Waals surface area contributed by atoms with Crippen LogP contribution in [0.3, 0.4) is 0 Å². The average molecular weight is 250 g/mol. The van der Waals surface area contributed by atoms with E-state index in [0.717, 1.165) is 19.4 Å². The lowest BCUT2D eigenvalue weighted by Crippen LogP contribution is -2.30. The van der Waals surface area contributed by atoms with Crippen LogP contribution in [0.1, 0.15) is 12.1 Å². The van der Waals surface area contributed by atoms with Crippen molar-refractivity contribution in [3.05, 3.63) is 35.4 Å². The molecule has 0 saturated carbocycles. The van der Waals surface area contributed by atoms with Crippen molar-refractivity contribution >= 4 is 17.5 Å². The standard InChI is InChI=1S/C11H12ClN5/c12-8-6-13-11(14-7-8)16-9-2-4-17-10(5-9)1-3-15-17/h1,3,6-7,9H,2,4-5H2,(H,13,14,16). The highest BCUT2D eigenvalue weighted by molar-refractivity contribution is 6.30. The molecule has 1 aliphatic heterocycles. The number of nitrogens with one attached hydrogen (secondary N) is 1. The van der Waals surface area contributed by atoms with Crippen LogP contribution in [-0.2, 0) is 13.0 Å². The monoisotopic (exact) mass is 249 g/mol. The highest BCUT2D eigenvalue weighted by Crippen LogP contribution is 2.16. The van der Waals surface area contributed by atoms with Gasteiger partial charge in [0.15, 0.2) is 0 Å². The first-order chi connectivity index (χ1) is 8.31. The molecule has 6 heteroatoms. The van der Waals surface area contributed by atoms with Gasteiger partial charge >= 0.3 is 0 Å². The topological polar surface area (TPSA) is 55.6 Å². The molecule has 88 valence electrons. The maximum atomic E-state index is 5.74. The van der Waals surface area contributed by atoms with Crippen molar-refractivity contribution in [1.29, 1.82) is 0 Å². The van der Waals surface area contributed by atoms with E-state index >= 15 is 0 Å². The van der Waals surface area contributed by atoms with Gasteiger partial charge in [-0.3, -0.25) is 4.68 Å². The molecule has 0 aliphatic carbocycles. The number of hydrogen-bond acceptors (Lipinski definition) is 4. The Morgan fingerprint density at radius 2 is 2.18 bits per heavy atom. The molecule has 0 radical (unpaired) electrons. The Labute approximate surface area is 104 Å². The number of nitrogens with zero attached hydrogens (tertiary/aromatic N) is 4.